The number of alkyl halides is 3. The molecule has 0 aromatic heterocycles. The number of amides is 3. The number of carbonyl (C=O) groups excluding carboxylic acids is 2. The van der Waals surface area contributed by atoms with Crippen LogP contribution in [0.2, 0.25) is 0 Å². The zero-order chi connectivity index (χ0) is 22.1. The maximum absolute atomic E-state index is 12.9. The number of hydrogen-bond donors (Lipinski definition) is 4. The molecule has 1 unspecified atom stereocenters. The molecule has 3 amide bonds. The monoisotopic (exact) mass is 432 g/mol. The minimum Gasteiger partial charge on any atom is -0.333 e. The van der Waals surface area contributed by atoms with Gasteiger partial charge >= 0.3 is 12.2 Å². The van der Waals surface area contributed by atoms with E-state index in [-0.39, 0.29) is 28.9 Å². The predicted molar refractivity (Wildman–Crippen MR) is 111 cm³/mol. The van der Waals surface area contributed by atoms with Crippen LogP contribution in [-0.2, 0) is 6.18 Å². The van der Waals surface area contributed by atoms with Crippen LogP contribution in [0, 0.1) is 0 Å². The molecule has 1 aliphatic heterocycles. The van der Waals surface area contributed by atoms with Gasteiger partial charge in [0.25, 0.3) is 5.91 Å². The standard InChI is InChI=1S/C22H23F3N4O2/c23-22(24,25)15-5-2-7-17(13-15)27-19(30)14-4-1-6-16(12-14)28-20(31)29-18-8-11-26-21(18)9-3-10-21/h1-2,4-7,12-13,18,26H,3,8-11H2,(H,27,30)(H2,28,29,31). The quantitative estimate of drug-likeness (QED) is 0.579. The molecule has 164 valence electrons. The van der Waals surface area contributed by atoms with Crippen LogP contribution >= 0.6 is 0 Å². The molecule has 9 heteroatoms. The molecule has 2 aromatic rings. The molecule has 1 heterocycles. The van der Waals surface area contributed by atoms with Gasteiger partial charge in [0, 0.05) is 28.5 Å². The Bertz CT molecular complexity index is 989. The molecule has 2 aliphatic rings. The SMILES string of the molecule is O=C(Nc1cccc(C(=O)Nc2cccc(C(F)(F)F)c2)c1)NC1CCNC12CCC2. The Morgan fingerprint density at radius 2 is 1.71 bits per heavy atom. The van der Waals surface area contributed by atoms with E-state index in [0.717, 1.165) is 44.4 Å². The van der Waals surface area contributed by atoms with Gasteiger partial charge in [-0.15, -0.1) is 0 Å². The number of benzene rings is 2. The van der Waals surface area contributed by atoms with E-state index in [1.54, 1.807) is 12.1 Å². The number of urea groups is 1. The summed E-state index contributed by atoms with van der Waals surface area (Å²) < 4.78 is 38.6. The second-order valence-corrected chi connectivity index (χ2v) is 7.99. The van der Waals surface area contributed by atoms with E-state index in [9.17, 15) is 22.8 Å². The molecule has 1 spiro atoms. The second kappa shape index (κ2) is 8.22. The smallest absolute Gasteiger partial charge is 0.333 e. The summed E-state index contributed by atoms with van der Waals surface area (Å²) in [6, 6.07) is 10.4. The Morgan fingerprint density at radius 3 is 2.39 bits per heavy atom. The molecular formula is C22H23F3N4O2. The lowest BCUT2D eigenvalue weighted by atomic mass is 9.73. The van der Waals surface area contributed by atoms with Gasteiger partial charge < -0.3 is 21.3 Å². The Hall–Kier alpha value is -3.07. The Balaban J connectivity index is 1.39. The molecule has 31 heavy (non-hydrogen) atoms. The van der Waals surface area contributed by atoms with Gasteiger partial charge in [0.2, 0.25) is 0 Å². The lowest BCUT2D eigenvalue weighted by Gasteiger charge is -2.43. The van der Waals surface area contributed by atoms with Crippen molar-refractivity contribution in [2.45, 2.75) is 43.4 Å². The Labute approximate surface area is 177 Å². The van der Waals surface area contributed by atoms with Crippen molar-refractivity contribution in [2.75, 3.05) is 17.2 Å². The number of hydrogen-bond acceptors (Lipinski definition) is 3. The van der Waals surface area contributed by atoms with Crippen LogP contribution in [-0.4, -0.2) is 30.1 Å². The molecule has 4 N–H and O–H groups in total. The Kier molecular flexibility index (Phi) is 5.62. The topological polar surface area (TPSA) is 82.3 Å². The summed E-state index contributed by atoms with van der Waals surface area (Å²) in [5.74, 6) is -0.572. The first kappa shape index (κ1) is 21.2. The van der Waals surface area contributed by atoms with Crippen LogP contribution < -0.4 is 21.3 Å². The average molecular weight is 432 g/mol. The largest absolute Gasteiger partial charge is 0.416 e. The molecule has 0 radical (unpaired) electrons. The second-order valence-electron chi connectivity index (χ2n) is 7.99. The van der Waals surface area contributed by atoms with Crippen molar-refractivity contribution < 1.29 is 22.8 Å². The van der Waals surface area contributed by atoms with Crippen LogP contribution in [0.25, 0.3) is 0 Å². The van der Waals surface area contributed by atoms with Crippen molar-refractivity contribution in [3.63, 3.8) is 0 Å². The highest BCUT2D eigenvalue weighted by Gasteiger charge is 2.47. The minimum atomic E-state index is -4.50. The first-order valence-electron chi connectivity index (χ1n) is 10.2. The first-order chi connectivity index (χ1) is 14.7. The van der Waals surface area contributed by atoms with Crippen molar-refractivity contribution in [3.8, 4) is 0 Å². The van der Waals surface area contributed by atoms with Gasteiger partial charge in [0.05, 0.1) is 5.56 Å². The summed E-state index contributed by atoms with van der Waals surface area (Å²) in [6.07, 6.45) is -0.389. The highest BCUT2D eigenvalue weighted by molar-refractivity contribution is 6.05. The van der Waals surface area contributed by atoms with Crippen molar-refractivity contribution in [1.29, 1.82) is 0 Å². The van der Waals surface area contributed by atoms with Crippen LogP contribution in [0.3, 0.4) is 0 Å². The van der Waals surface area contributed by atoms with Gasteiger partial charge in [-0.2, -0.15) is 13.2 Å². The zero-order valence-corrected chi connectivity index (χ0v) is 16.7. The number of halogens is 3. The molecule has 1 atom stereocenters. The molecule has 0 bridgehead atoms. The fraction of sp³-hybridized carbons (Fsp3) is 0.364. The van der Waals surface area contributed by atoms with Crippen molar-refractivity contribution in [2.24, 2.45) is 0 Å². The van der Waals surface area contributed by atoms with Crippen LogP contribution in [0.1, 0.15) is 41.6 Å². The lowest BCUT2D eigenvalue weighted by Crippen LogP contribution is -2.59. The molecule has 6 nitrogen and oxygen atoms in total. The maximum atomic E-state index is 12.9. The third-order valence-electron chi connectivity index (χ3n) is 5.96. The summed E-state index contributed by atoms with van der Waals surface area (Å²) in [7, 11) is 0. The first-order valence-corrected chi connectivity index (χ1v) is 10.2. The molecule has 2 aromatic carbocycles. The molecule has 1 aliphatic carbocycles. The van der Waals surface area contributed by atoms with Gasteiger partial charge in [-0.25, -0.2) is 4.79 Å². The summed E-state index contributed by atoms with van der Waals surface area (Å²) in [4.78, 5) is 24.9. The van der Waals surface area contributed by atoms with Crippen LogP contribution in [0.4, 0.5) is 29.3 Å². The predicted octanol–water partition coefficient (Wildman–Crippen LogP) is 4.36. The van der Waals surface area contributed by atoms with Crippen LogP contribution in [0.5, 0.6) is 0 Å². The number of carbonyl (C=O) groups is 2. The van der Waals surface area contributed by atoms with E-state index in [1.165, 1.54) is 24.3 Å². The summed E-state index contributed by atoms with van der Waals surface area (Å²) in [5, 5.41) is 11.7. The molecule has 2 fully saturated rings. The number of nitrogens with one attached hydrogen (secondary N) is 4. The maximum Gasteiger partial charge on any atom is 0.416 e. The van der Waals surface area contributed by atoms with E-state index in [4.69, 9.17) is 0 Å². The van der Waals surface area contributed by atoms with E-state index >= 15 is 0 Å². The van der Waals surface area contributed by atoms with Crippen molar-refractivity contribution in [1.82, 2.24) is 10.6 Å². The molecule has 1 saturated carbocycles. The average Bonchev–Trinajstić information content (AvgIpc) is 3.11. The Morgan fingerprint density at radius 1 is 1.00 bits per heavy atom. The van der Waals surface area contributed by atoms with Gasteiger partial charge in [-0.3, -0.25) is 4.79 Å². The van der Waals surface area contributed by atoms with Gasteiger partial charge in [-0.1, -0.05) is 12.1 Å². The molecular weight excluding hydrogens is 409 g/mol. The lowest BCUT2D eigenvalue weighted by molar-refractivity contribution is -0.137. The highest BCUT2D eigenvalue weighted by atomic mass is 19.4. The van der Waals surface area contributed by atoms with E-state index in [0.29, 0.717) is 5.69 Å². The normalized spacial score (nSPS) is 19.5. The highest BCUT2D eigenvalue weighted by Crippen LogP contribution is 2.39. The van der Waals surface area contributed by atoms with Gasteiger partial charge in [-0.05, 0) is 68.6 Å². The number of rotatable bonds is 4. The third kappa shape index (κ3) is 4.66. The zero-order valence-electron chi connectivity index (χ0n) is 16.7. The summed E-state index contributed by atoms with van der Waals surface area (Å²) >= 11 is 0. The van der Waals surface area contributed by atoms with Crippen molar-refractivity contribution >= 4 is 23.3 Å². The third-order valence-corrected chi connectivity index (χ3v) is 5.96. The van der Waals surface area contributed by atoms with E-state index in [2.05, 4.69) is 21.3 Å². The summed E-state index contributed by atoms with van der Waals surface area (Å²) in [6.45, 7) is 0.871. The minimum absolute atomic E-state index is 0.00399. The van der Waals surface area contributed by atoms with Gasteiger partial charge in [0.1, 0.15) is 0 Å². The number of anilines is 2. The molecule has 4 rings (SSSR count). The fourth-order valence-corrected chi connectivity index (χ4v) is 4.20. The van der Waals surface area contributed by atoms with Crippen molar-refractivity contribution in [3.05, 3.63) is 59.7 Å². The fourth-order valence-electron chi connectivity index (χ4n) is 4.20. The summed E-state index contributed by atoms with van der Waals surface area (Å²) in [5.41, 5.74) is -0.168. The van der Waals surface area contributed by atoms with Crippen LogP contribution in [0.15, 0.2) is 48.5 Å². The van der Waals surface area contributed by atoms with Gasteiger partial charge in [0.15, 0.2) is 0 Å². The van der Waals surface area contributed by atoms with E-state index < -0.39 is 17.6 Å². The molecule has 1 saturated heterocycles. The van der Waals surface area contributed by atoms with E-state index in [1.807, 2.05) is 0 Å².